The summed E-state index contributed by atoms with van der Waals surface area (Å²) in [6.07, 6.45) is 0. The highest BCUT2D eigenvalue weighted by molar-refractivity contribution is 6.52. The third-order valence-electron chi connectivity index (χ3n) is 0. The first kappa shape index (κ1) is 65.7. The van der Waals surface area contributed by atoms with Crippen LogP contribution < -0.4 is 0 Å². The van der Waals surface area contributed by atoms with E-state index in [2.05, 4.69) is 0 Å². The molecule has 0 aliphatic rings. The maximum absolute atomic E-state index is 9.75. The Hall–Kier alpha value is -1.94. The Morgan fingerprint density at radius 2 is 0.0889 bits per heavy atom. The van der Waals surface area contributed by atoms with Crippen molar-refractivity contribution in [1.29, 1.82) is 0 Å². The number of hydrogen-bond donors (Lipinski definition) is 0. The van der Waals surface area contributed by atoms with Crippen LogP contribution in [0, 0.1) is 0 Å². The summed E-state index contributed by atoms with van der Waals surface area (Å²) < 4.78 is 351. The molecule has 45 heavy (non-hydrogen) atoms. The minimum absolute atomic E-state index is 6.00. The van der Waals surface area contributed by atoms with Gasteiger partial charge < -0.3 is 155 Å². The number of halogens is 36. The van der Waals surface area contributed by atoms with Crippen LogP contribution in [0.1, 0.15) is 0 Å². The van der Waals surface area contributed by atoms with Gasteiger partial charge in [0.2, 0.25) is 0 Å². The lowest BCUT2D eigenvalue weighted by molar-refractivity contribution is 0.366. The van der Waals surface area contributed by atoms with Gasteiger partial charge in [0.05, 0.1) is 0 Å². The standard InChI is InChI=1S/9BF4/c9*2-1(3,4)5/q9*-1. The molecule has 0 aromatic rings. The average Bonchev–Trinajstić information content (AvgIpc) is 2.26. The molecule has 0 unspecified atom stereocenters. The quantitative estimate of drug-likeness (QED) is 0.170. The highest BCUT2D eigenvalue weighted by Gasteiger charge is 2.23. The van der Waals surface area contributed by atoms with Crippen molar-refractivity contribution in [2.75, 3.05) is 0 Å². The van der Waals surface area contributed by atoms with Crippen LogP contribution >= 0.6 is 0 Å². The Labute approximate surface area is 222 Å². The van der Waals surface area contributed by atoms with Gasteiger partial charge in [0.25, 0.3) is 0 Å². The van der Waals surface area contributed by atoms with Crippen LogP contribution in [-0.4, -0.2) is 65.3 Å². The van der Waals surface area contributed by atoms with Gasteiger partial charge in [-0.15, -0.1) is 0 Å². The molecule has 0 rings (SSSR count). The van der Waals surface area contributed by atoms with Gasteiger partial charge in [-0.05, 0) is 0 Å². The summed E-state index contributed by atoms with van der Waals surface area (Å²) in [6.45, 7) is 0. The van der Waals surface area contributed by atoms with Crippen molar-refractivity contribution in [2.24, 2.45) is 0 Å². The predicted molar refractivity (Wildman–Crippen MR) is 91.7 cm³/mol. The summed E-state index contributed by atoms with van der Waals surface area (Å²) in [5.41, 5.74) is 0. The molecule has 0 fully saturated rings. The van der Waals surface area contributed by atoms with E-state index in [0.29, 0.717) is 0 Å². The summed E-state index contributed by atoms with van der Waals surface area (Å²) in [6, 6.07) is 0. The molecule has 288 valence electrons. The fourth-order valence-electron chi connectivity index (χ4n) is 0. The smallest absolute Gasteiger partial charge is 0.418 e. The predicted octanol–water partition coefficient (Wildman–Crippen LogP) is 11.7. The van der Waals surface area contributed by atoms with Crippen LogP contribution in [0.5, 0.6) is 0 Å². The molecule has 0 N–H and O–H groups in total. The van der Waals surface area contributed by atoms with Crippen LogP contribution in [0.3, 0.4) is 0 Å². The summed E-state index contributed by atoms with van der Waals surface area (Å²) in [5.74, 6) is 0. The fourth-order valence-corrected chi connectivity index (χ4v) is 0. The third-order valence-corrected chi connectivity index (χ3v) is 0. The molecule has 0 aromatic heterocycles. The molecule has 0 aromatic carbocycles. The highest BCUT2D eigenvalue weighted by Crippen LogP contribution is 2.10. The van der Waals surface area contributed by atoms with Crippen molar-refractivity contribution in [3.05, 3.63) is 0 Å². The number of rotatable bonds is 0. The highest BCUT2D eigenvalue weighted by atomic mass is 19.5. The molecule has 0 heterocycles. The van der Waals surface area contributed by atoms with E-state index in [0.717, 1.165) is 0 Å². The second-order valence-corrected chi connectivity index (χ2v) is 4.45. The molecule has 0 bridgehead atoms. The summed E-state index contributed by atoms with van der Waals surface area (Å²) in [4.78, 5) is 0. The zero-order valence-electron chi connectivity index (χ0n) is 18.8. The van der Waals surface area contributed by atoms with Gasteiger partial charge in [-0.3, -0.25) is 0 Å². The molecule has 0 amide bonds. The lowest BCUT2D eigenvalue weighted by Crippen LogP contribution is -2.02. The van der Waals surface area contributed by atoms with Crippen LogP contribution in [0.4, 0.5) is 155 Å². The van der Waals surface area contributed by atoms with E-state index in [1.165, 1.54) is 0 Å². The first-order valence-electron chi connectivity index (χ1n) is 7.86. The van der Waals surface area contributed by atoms with Crippen LogP contribution in [0.2, 0.25) is 0 Å². The first-order valence-corrected chi connectivity index (χ1v) is 7.86. The van der Waals surface area contributed by atoms with Crippen molar-refractivity contribution in [1.82, 2.24) is 0 Å². The molecule has 0 aliphatic heterocycles. The summed E-state index contributed by atoms with van der Waals surface area (Å²) in [7, 11) is -54.0. The first-order chi connectivity index (χ1) is 18.0. The molecule has 45 heteroatoms. The zero-order chi connectivity index (χ0) is 40.5. The van der Waals surface area contributed by atoms with E-state index >= 15 is 0 Å². The van der Waals surface area contributed by atoms with Crippen molar-refractivity contribution in [2.45, 2.75) is 0 Å². The minimum atomic E-state index is -6.00. The largest absolute Gasteiger partial charge is 0.673 e. The lowest BCUT2D eigenvalue weighted by Gasteiger charge is -1.94. The molecule has 0 aliphatic carbocycles. The molecule has 0 atom stereocenters. The molecular weight excluding hydrogens is 781 g/mol. The third kappa shape index (κ3) is 18000. The van der Waals surface area contributed by atoms with Gasteiger partial charge in [0, 0.05) is 0 Å². The van der Waals surface area contributed by atoms with Gasteiger partial charge in [0.1, 0.15) is 0 Å². The molecular formula is B9F36-9. The Morgan fingerprint density at radius 3 is 0.0889 bits per heavy atom. The van der Waals surface area contributed by atoms with Crippen molar-refractivity contribution >= 4 is 65.3 Å². The maximum atomic E-state index is 9.75. The summed E-state index contributed by atoms with van der Waals surface area (Å²) >= 11 is 0. The Kier molecular flexibility index (Phi) is 38.2. The molecule has 0 saturated carbocycles. The zero-order valence-corrected chi connectivity index (χ0v) is 18.8. The maximum Gasteiger partial charge on any atom is 0.673 e. The molecule has 0 radical (unpaired) electrons. The Balaban J connectivity index is -0.0000000463. The van der Waals surface area contributed by atoms with Gasteiger partial charge in [0.15, 0.2) is 0 Å². The lowest BCUT2D eigenvalue weighted by atomic mass is 10.3. The Bertz CT molecular complexity index is 343. The van der Waals surface area contributed by atoms with Gasteiger partial charge >= 0.3 is 65.3 Å². The van der Waals surface area contributed by atoms with Gasteiger partial charge in [-0.25, -0.2) is 0 Å². The Morgan fingerprint density at radius 1 is 0.0889 bits per heavy atom. The minimum Gasteiger partial charge on any atom is -0.418 e. The normalized spacial score (nSPS) is 12.0. The van der Waals surface area contributed by atoms with Crippen LogP contribution in [0.25, 0.3) is 0 Å². The second-order valence-electron chi connectivity index (χ2n) is 4.45. The average molecular weight is 781 g/mol. The van der Waals surface area contributed by atoms with Crippen molar-refractivity contribution < 1.29 is 155 Å². The van der Waals surface area contributed by atoms with E-state index < -0.39 is 65.3 Å². The van der Waals surface area contributed by atoms with Crippen molar-refractivity contribution in [3.8, 4) is 0 Å². The van der Waals surface area contributed by atoms with Gasteiger partial charge in [-0.2, -0.15) is 0 Å². The molecule has 0 nitrogen and oxygen atoms in total. The SMILES string of the molecule is F[B-](F)(F)F.F[B-](F)(F)F.F[B-](F)(F)F.F[B-](F)(F)F.F[B-](F)(F)F.F[B-](F)(F)F.F[B-](F)(F)F.F[B-](F)(F)F.F[B-](F)(F)F. The monoisotopic (exact) mass is 783 g/mol. The topological polar surface area (TPSA) is 0 Å². The molecule has 0 saturated heterocycles. The van der Waals surface area contributed by atoms with E-state index in [1.54, 1.807) is 0 Å². The second kappa shape index (κ2) is 26.2. The van der Waals surface area contributed by atoms with E-state index in [1.807, 2.05) is 0 Å². The van der Waals surface area contributed by atoms with Crippen LogP contribution in [-0.2, 0) is 0 Å². The van der Waals surface area contributed by atoms with Crippen molar-refractivity contribution in [3.63, 3.8) is 0 Å². The van der Waals surface area contributed by atoms with E-state index in [-0.39, 0.29) is 0 Å². The summed E-state index contributed by atoms with van der Waals surface area (Å²) in [5, 5.41) is 0. The van der Waals surface area contributed by atoms with E-state index in [9.17, 15) is 155 Å². The van der Waals surface area contributed by atoms with E-state index in [4.69, 9.17) is 0 Å². The van der Waals surface area contributed by atoms with Crippen LogP contribution in [0.15, 0.2) is 0 Å². The fraction of sp³-hybridized carbons (Fsp3) is 0. The molecule has 0 spiro atoms. The number of hydrogen-bond acceptors (Lipinski definition) is 0. The van der Waals surface area contributed by atoms with Gasteiger partial charge in [-0.1, -0.05) is 0 Å².